The SMILES string of the molecule is CC1=C(Cc2cc(Br)ccc2Br)C(=O)c2ccccc2C1=O. The zero-order valence-corrected chi connectivity index (χ0v) is 15.0. The third-order valence-corrected chi connectivity index (χ3v) is 5.13. The minimum atomic E-state index is -0.0590. The summed E-state index contributed by atoms with van der Waals surface area (Å²) in [5.41, 5.74) is 3.09. The number of carbonyl (C=O) groups excluding carboxylic acids is 2. The van der Waals surface area contributed by atoms with E-state index in [2.05, 4.69) is 31.9 Å². The molecule has 0 spiro atoms. The molecule has 1 aliphatic carbocycles. The van der Waals surface area contributed by atoms with Crippen LogP contribution >= 0.6 is 31.9 Å². The predicted octanol–water partition coefficient (Wildman–Crippen LogP) is 5.15. The third-order valence-electron chi connectivity index (χ3n) is 3.86. The van der Waals surface area contributed by atoms with E-state index in [9.17, 15) is 9.59 Å². The number of carbonyl (C=O) groups is 2. The average molecular weight is 420 g/mol. The predicted molar refractivity (Wildman–Crippen MR) is 93.3 cm³/mol. The van der Waals surface area contributed by atoms with E-state index in [-0.39, 0.29) is 11.6 Å². The lowest BCUT2D eigenvalue weighted by molar-refractivity contribution is 0.0973. The van der Waals surface area contributed by atoms with Crippen LogP contribution in [0.15, 0.2) is 62.6 Å². The van der Waals surface area contributed by atoms with Crippen molar-refractivity contribution in [2.45, 2.75) is 13.3 Å². The topological polar surface area (TPSA) is 34.1 Å². The van der Waals surface area contributed by atoms with Crippen LogP contribution in [0.1, 0.15) is 33.2 Å². The number of ketones is 2. The molecular weight excluding hydrogens is 408 g/mol. The van der Waals surface area contributed by atoms with Gasteiger partial charge >= 0.3 is 0 Å². The molecule has 0 bridgehead atoms. The lowest BCUT2D eigenvalue weighted by Crippen LogP contribution is -2.22. The summed E-state index contributed by atoms with van der Waals surface area (Å²) in [4.78, 5) is 25.2. The molecule has 0 fully saturated rings. The van der Waals surface area contributed by atoms with E-state index < -0.39 is 0 Å². The van der Waals surface area contributed by atoms with Gasteiger partial charge in [0.25, 0.3) is 0 Å². The van der Waals surface area contributed by atoms with Gasteiger partial charge in [0, 0.05) is 37.6 Å². The van der Waals surface area contributed by atoms with Crippen LogP contribution in [0.5, 0.6) is 0 Å². The molecule has 0 amide bonds. The number of rotatable bonds is 2. The van der Waals surface area contributed by atoms with Crippen LogP contribution in [0.2, 0.25) is 0 Å². The molecule has 0 aliphatic heterocycles. The Bertz CT molecular complexity index is 835. The molecule has 2 aromatic rings. The number of benzene rings is 2. The van der Waals surface area contributed by atoms with Gasteiger partial charge in [0.1, 0.15) is 0 Å². The first-order chi connectivity index (χ1) is 10.5. The maximum Gasteiger partial charge on any atom is 0.190 e. The van der Waals surface area contributed by atoms with Gasteiger partial charge in [-0.15, -0.1) is 0 Å². The summed E-state index contributed by atoms with van der Waals surface area (Å²) in [7, 11) is 0. The second-order valence-corrected chi connectivity index (χ2v) is 6.99. The van der Waals surface area contributed by atoms with E-state index in [4.69, 9.17) is 0 Å². The number of hydrogen-bond donors (Lipinski definition) is 0. The van der Waals surface area contributed by atoms with E-state index in [0.717, 1.165) is 14.5 Å². The molecule has 0 unspecified atom stereocenters. The van der Waals surface area contributed by atoms with Crippen molar-refractivity contribution in [2.75, 3.05) is 0 Å². The minimum absolute atomic E-state index is 0.0559. The van der Waals surface area contributed by atoms with E-state index >= 15 is 0 Å². The number of halogens is 2. The maximum absolute atomic E-state index is 12.7. The minimum Gasteiger partial charge on any atom is -0.289 e. The van der Waals surface area contributed by atoms with E-state index in [1.807, 2.05) is 18.2 Å². The normalized spacial score (nSPS) is 14.3. The monoisotopic (exact) mass is 418 g/mol. The molecule has 0 aromatic heterocycles. The van der Waals surface area contributed by atoms with Gasteiger partial charge in [0.15, 0.2) is 11.6 Å². The van der Waals surface area contributed by atoms with Crippen molar-refractivity contribution in [1.29, 1.82) is 0 Å². The smallest absolute Gasteiger partial charge is 0.190 e. The fraction of sp³-hybridized carbons (Fsp3) is 0.111. The molecule has 1 aliphatic rings. The van der Waals surface area contributed by atoms with Gasteiger partial charge in [-0.2, -0.15) is 0 Å². The second kappa shape index (κ2) is 5.94. The average Bonchev–Trinajstić information content (AvgIpc) is 2.52. The number of Topliss-reactive ketones (excluding diaryl/α,β-unsaturated/α-hetero) is 2. The molecule has 2 aromatic carbocycles. The zero-order valence-electron chi connectivity index (χ0n) is 11.8. The highest BCUT2D eigenvalue weighted by molar-refractivity contribution is 9.11. The van der Waals surface area contributed by atoms with Gasteiger partial charge in [-0.25, -0.2) is 0 Å². The van der Waals surface area contributed by atoms with Crippen molar-refractivity contribution in [3.63, 3.8) is 0 Å². The summed E-state index contributed by atoms with van der Waals surface area (Å²) >= 11 is 6.94. The van der Waals surface area contributed by atoms with Gasteiger partial charge < -0.3 is 0 Å². The molecule has 0 radical (unpaired) electrons. The summed E-state index contributed by atoms with van der Waals surface area (Å²) in [6, 6.07) is 12.8. The van der Waals surface area contributed by atoms with Crippen molar-refractivity contribution in [3.8, 4) is 0 Å². The first-order valence-electron chi connectivity index (χ1n) is 6.81. The number of allylic oxidation sites excluding steroid dienone is 2. The Balaban J connectivity index is 2.07. The Kier molecular flexibility index (Phi) is 4.15. The molecule has 0 atom stereocenters. The fourth-order valence-corrected chi connectivity index (χ4v) is 3.43. The lowest BCUT2D eigenvalue weighted by Gasteiger charge is -2.19. The highest BCUT2D eigenvalue weighted by Crippen LogP contribution is 2.31. The summed E-state index contributed by atoms with van der Waals surface area (Å²) in [5, 5.41) is 0. The third kappa shape index (κ3) is 2.61. The van der Waals surface area contributed by atoms with Crippen molar-refractivity contribution in [2.24, 2.45) is 0 Å². The van der Waals surface area contributed by atoms with Crippen molar-refractivity contribution in [3.05, 3.63) is 79.2 Å². The first-order valence-corrected chi connectivity index (χ1v) is 8.39. The van der Waals surface area contributed by atoms with Gasteiger partial charge in [0.05, 0.1) is 0 Å². The van der Waals surface area contributed by atoms with Crippen molar-refractivity contribution >= 4 is 43.4 Å². The lowest BCUT2D eigenvalue weighted by atomic mass is 9.82. The van der Waals surface area contributed by atoms with Gasteiger partial charge in [0.2, 0.25) is 0 Å². The standard InChI is InChI=1S/C18H12Br2O2/c1-10-15(9-11-8-12(19)6-7-16(11)20)18(22)14-5-3-2-4-13(14)17(10)21/h2-8H,9H2,1H3. The van der Waals surface area contributed by atoms with Crippen LogP contribution in [0, 0.1) is 0 Å². The van der Waals surface area contributed by atoms with Crippen molar-refractivity contribution < 1.29 is 9.59 Å². The first kappa shape index (κ1) is 15.4. The number of fused-ring (bicyclic) bond motifs is 1. The van der Waals surface area contributed by atoms with Gasteiger partial charge in [-0.3, -0.25) is 9.59 Å². The molecular formula is C18H12Br2O2. The molecule has 3 rings (SSSR count). The Labute approximate surface area is 145 Å². The molecule has 4 heteroatoms. The summed E-state index contributed by atoms with van der Waals surface area (Å²) in [6.07, 6.45) is 0.435. The molecule has 22 heavy (non-hydrogen) atoms. The van der Waals surface area contributed by atoms with Crippen LogP contribution < -0.4 is 0 Å². The van der Waals surface area contributed by atoms with Crippen LogP contribution in [0.4, 0.5) is 0 Å². The molecule has 0 N–H and O–H groups in total. The van der Waals surface area contributed by atoms with Crippen LogP contribution in [0.25, 0.3) is 0 Å². The van der Waals surface area contributed by atoms with Crippen LogP contribution in [0.3, 0.4) is 0 Å². The summed E-state index contributed by atoms with van der Waals surface area (Å²) in [6.45, 7) is 1.73. The van der Waals surface area contributed by atoms with E-state index in [1.165, 1.54) is 0 Å². The second-order valence-electron chi connectivity index (χ2n) is 5.22. The number of hydrogen-bond acceptors (Lipinski definition) is 2. The van der Waals surface area contributed by atoms with Gasteiger partial charge in [-0.05, 0) is 30.7 Å². The maximum atomic E-state index is 12.7. The van der Waals surface area contributed by atoms with Crippen molar-refractivity contribution in [1.82, 2.24) is 0 Å². The Morgan fingerprint density at radius 1 is 0.909 bits per heavy atom. The molecule has 110 valence electrons. The Morgan fingerprint density at radius 3 is 2.23 bits per heavy atom. The Hall–Kier alpha value is -1.52. The zero-order chi connectivity index (χ0) is 15.9. The van der Waals surface area contributed by atoms with E-state index in [0.29, 0.717) is 28.7 Å². The highest BCUT2D eigenvalue weighted by atomic mass is 79.9. The largest absolute Gasteiger partial charge is 0.289 e. The summed E-state index contributed by atoms with van der Waals surface area (Å²) < 4.78 is 1.87. The Morgan fingerprint density at radius 2 is 1.55 bits per heavy atom. The fourth-order valence-electron chi connectivity index (χ4n) is 2.63. The quantitative estimate of drug-likeness (QED) is 0.674. The molecule has 0 saturated carbocycles. The molecule has 0 saturated heterocycles. The van der Waals surface area contributed by atoms with Crippen LogP contribution in [-0.4, -0.2) is 11.6 Å². The highest BCUT2D eigenvalue weighted by Gasteiger charge is 2.29. The molecule has 0 heterocycles. The van der Waals surface area contributed by atoms with Gasteiger partial charge in [-0.1, -0.05) is 56.1 Å². The van der Waals surface area contributed by atoms with Crippen LogP contribution in [-0.2, 0) is 6.42 Å². The molecule has 2 nitrogen and oxygen atoms in total. The summed E-state index contributed by atoms with van der Waals surface area (Å²) in [5.74, 6) is -0.115. The van der Waals surface area contributed by atoms with E-state index in [1.54, 1.807) is 31.2 Å².